The van der Waals surface area contributed by atoms with Gasteiger partial charge in [0.25, 0.3) is 5.69 Å². The molecule has 0 amide bonds. The van der Waals surface area contributed by atoms with Crippen molar-refractivity contribution in [3.63, 3.8) is 0 Å². The highest BCUT2D eigenvalue weighted by atomic mass is 16.6. The van der Waals surface area contributed by atoms with Crippen molar-refractivity contribution >= 4 is 17.3 Å². The molecule has 18 heavy (non-hydrogen) atoms. The Morgan fingerprint density at radius 3 is 2.61 bits per heavy atom. The van der Waals surface area contributed by atoms with E-state index < -0.39 is 10.9 Å². The molecule has 0 aliphatic heterocycles. The van der Waals surface area contributed by atoms with Gasteiger partial charge in [0.1, 0.15) is 5.69 Å². The number of hydrogen-bond donors (Lipinski definition) is 1. The van der Waals surface area contributed by atoms with Crippen LogP contribution in [-0.2, 0) is 4.74 Å². The first-order chi connectivity index (χ1) is 8.32. The molecular weight excluding hydrogens is 236 g/mol. The highest BCUT2D eigenvalue weighted by molar-refractivity contribution is 5.97. The van der Waals surface area contributed by atoms with Crippen LogP contribution in [0, 0.1) is 23.0 Å². The SMILES string of the molecule is Cc1cc(C(=O)OCC(C)C)c(N)c([N+](=O)[O-])c1. The molecule has 0 bridgehead atoms. The van der Waals surface area contributed by atoms with Gasteiger partial charge < -0.3 is 10.5 Å². The Hall–Kier alpha value is -2.11. The van der Waals surface area contributed by atoms with Crippen LogP contribution >= 0.6 is 0 Å². The van der Waals surface area contributed by atoms with E-state index in [1.807, 2.05) is 13.8 Å². The van der Waals surface area contributed by atoms with Crippen molar-refractivity contribution in [3.05, 3.63) is 33.4 Å². The Morgan fingerprint density at radius 1 is 1.50 bits per heavy atom. The van der Waals surface area contributed by atoms with Gasteiger partial charge in [-0.2, -0.15) is 0 Å². The molecule has 6 nitrogen and oxygen atoms in total. The number of nitrogen functional groups attached to an aromatic ring is 1. The van der Waals surface area contributed by atoms with E-state index in [2.05, 4.69) is 0 Å². The lowest BCUT2D eigenvalue weighted by atomic mass is 10.1. The normalized spacial score (nSPS) is 10.4. The molecule has 0 radical (unpaired) electrons. The molecule has 0 aromatic heterocycles. The average Bonchev–Trinajstić information content (AvgIpc) is 2.28. The van der Waals surface area contributed by atoms with Gasteiger partial charge in [-0.3, -0.25) is 10.1 Å². The molecule has 0 aliphatic rings. The number of nitro benzene ring substituents is 1. The number of aryl methyl sites for hydroxylation is 1. The minimum absolute atomic E-state index is 0.0438. The number of rotatable bonds is 4. The van der Waals surface area contributed by atoms with Gasteiger partial charge in [0.05, 0.1) is 17.1 Å². The molecular formula is C12H16N2O4. The Labute approximate surface area is 105 Å². The zero-order valence-electron chi connectivity index (χ0n) is 10.6. The summed E-state index contributed by atoms with van der Waals surface area (Å²) in [5, 5.41) is 10.8. The van der Waals surface area contributed by atoms with Gasteiger partial charge in [0.15, 0.2) is 0 Å². The lowest BCUT2D eigenvalue weighted by Gasteiger charge is -2.09. The van der Waals surface area contributed by atoms with Crippen LogP contribution < -0.4 is 5.73 Å². The highest BCUT2D eigenvalue weighted by Crippen LogP contribution is 2.27. The molecule has 0 heterocycles. The molecule has 0 saturated carbocycles. The van der Waals surface area contributed by atoms with E-state index in [-0.39, 0.29) is 29.5 Å². The summed E-state index contributed by atoms with van der Waals surface area (Å²) in [6.45, 7) is 5.70. The summed E-state index contributed by atoms with van der Waals surface area (Å²) in [6.07, 6.45) is 0. The third-order valence-corrected chi connectivity index (χ3v) is 2.27. The van der Waals surface area contributed by atoms with E-state index in [1.165, 1.54) is 12.1 Å². The monoisotopic (exact) mass is 252 g/mol. The molecule has 0 atom stereocenters. The van der Waals surface area contributed by atoms with Crippen LogP contribution in [0.1, 0.15) is 29.8 Å². The molecule has 6 heteroatoms. The fraction of sp³-hybridized carbons (Fsp3) is 0.417. The van der Waals surface area contributed by atoms with E-state index in [1.54, 1.807) is 6.92 Å². The largest absolute Gasteiger partial charge is 0.462 e. The lowest BCUT2D eigenvalue weighted by Crippen LogP contribution is -2.13. The van der Waals surface area contributed by atoms with Gasteiger partial charge in [-0.25, -0.2) is 4.79 Å². The van der Waals surface area contributed by atoms with E-state index in [0.29, 0.717) is 5.56 Å². The third-order valence-electron chi connectivity index (χ3n) is 2.27. The lowest BCUT2D eigenvalue weighted by molar-refractivity contribution is -0.384. The molecule has 0 saturated heterocycles. The summed E-state index contributed by atoms with van der Waals surface area (Å²) >= 11 is 0. The summed E-state index contributed by atoms with van der Waals surface area (Å²) in [5.41, 5.74) is 5.83. The molecule has 0 fully saturated rings. The van der Waals surface area contributed by atoms with E-state index in [0.717, 1.165) is 0 Å². The minimum atomic E-state index is -0.631. The quantitative estimate of drug-likeness (QED) is 0.384. The fourth-order valence-electron chi connectivity index (χ4n) is 1.42. The van der Waals surface area contributed by atoms with Gasteiger partial charge in [-0.05, 0) is 24.5 Å². The standard InChI is InChI=1S/C12H16N2O4/c1-7(2)6-18-12(15)9-4-8(3)5-10(11(9)13)14(16)17/h4-5,7H,6,13H2,1-3H3. The maximum atomic E-state index is 11.8. The smallest absolute Gasteiger partial charge is 0.340 e. The number of nitro groups is 1. The Bertz CT molecular complexity index is 483. The van der Waals surface area contributed by atoms with Gasteiger partial charge in [-0.15, -0.1) is 0 Å². The van der Waals surface area contributed by atoms with Gasteiger partial charge in [-0.1, -0.05) is 13.8 Å². The second-order valence-corrected chi connectivity index (χ2v) is 4.49. The number of ether oxygens (including phenoxy) is 1. The van der Waals surface area contributed by atoms with Gasteiger partial charge in [0, 0.05) is 6.07 Å². The first kappa shape index (κ1) is 14.0. The van der Waals surface area contributed by atoms with Crippen LogP contribution in [0.25, 0.3) is 0 Å². The predicted molar refractivity (Wildman–Crippen MR) is 67.4 cm³/mol. The molecule has 1 aromatic rings. The van der Waals surface area contributed by atoms with E-state index in [4.69, 9.17) is 10.5 Å². The molecule has 2 N–H and O–H groups in total. The molecule has 0 aliphatic carbocycles. The highest BCUT2D eigenvalue weighted by Gasteiger charge is 2.21. The summed E-state index contributed by atoms with van der Waals surface area (Å²) in [6, 6.07) is 2.82. The fourth-order valence-corrected chi connectivity index (χ4v) is 1.42. The Balaban J connectivity index is 3.09. The summed E-state index contributed by atoms with van der Waals surface area (Å²) in [4.78, 5) is 22.0. The van der Waals surface area contributed by atoms with Gasteiger partial charge >= 0.3 is 5.97 Å². The van der Waals surface area contributed by atoms with Crippen LogP contribution in [0.5, 0.6) is 0 Å². The summed E-state index contributed by atoms with van der Waals surface area (Å²) < 4.78 is 5.02. The van der Waals surface area contributed by atoms with Crippen LogP contribution in [-0.4, -0.2) is 17.5 Å². The summed E-state index contributed by atoms with van der Waals surface area (Å²) in [5.74, 6) is -0.442. The van der Waals surface area contributed by atoms with Crippen molar-refractivity contribution in [2.24, 2.45) is 5.92 Å². The Kier molecular flexibility index (Phi) is 4.25. The molecule has 0 spiro atoms. The number of nitrogens with two attached hydrogens (primary N) is 1. The first-order valence-corrected chi connectivity index (χ1v) is 5.54. The third kappa shape index (κ3) is 3.19. The molecule has 0 unspecified atom stereocenters. The minimum Gasteiger partial charge on any atom is -0.462 e. The second-order valence-electron chi connectivity index (χ2n) is 4.49. The van der Waals surface area contributed by atoms with Crippen molar-refractivity contribution < 1.29 is 14.5 Å². The van der Waals surface area contributed by atoms with Crippen LogP contribution in [0.2, 0.25) is 0 Å². The van der Waals surface area contributed by atoms with Crippen LogP contribution in [0.3, 0.4) is 0 Å². The van der Waals surface area contributed by atoms with Crippen molar-refractivity contribution in [2.45, 2.75) is 20.8 Å². The second kappa shape index (κ2) is 5.48. The number of esters is 1. The molecule has 1 rings (SSSR count). The average molecular weight is 252 g/mol. The summed E-state index contributed by atoms with van der Waals surface area (Å²) in [7, 11) is 0. The van der Waals surface area contributed by atoms with E-state index >= 15 is 0 Å². The zero-order valence-corrected chi connectivity index (χ0v) is 10.6. The van der Waals surface area contributed by atoms with Crippen LogP contribution in [0.4, 0.5) is 11.4 Å². The maximum absolute atomic E-state index is 11.8. The van der Waals surface area contributed by atoms with Crippen molar-refractivity contribution in [3.8, 4) is 0 Å². The number of benzene rings is 1. The predicted octanol–water partition coefficient (Wildman–Crippen LogP) is 2.30. The number of anilines is 1. The molecule has 1 aromatic carbocycles. The topological polar surface area (TPSA) is 95.5 Å². The van der Waals surface area contributed by atoms with Crippen molar-refractivity contribution in [1.82, 2.24) is 0 Å². The van der Waals surface area contributed by atoms with Crippen LogP contribution in [0.15, 0.2) is 12.1 Å². The van der Waals surface area contributed by atoms with Crippen molar-refractivity contribution in [1.29, 1.82) is 0 Å². The first-order valence-electron chi connectivity index (χ1n) is 5.54. The Morgan fingerprint density at radius 2 is 2.11 bits per heavy atom. The maximum Gasteiger partial charge on any atom is 0.340 e. The number of carbonyl (C=O) groups is 1. The zero-order chi connectivity index (χ0) is 13.9. The number of nitrogens with zero attached hydrogens (tertiary/aromatic N) is 1. The van der Waals surface area contributed by atoms with E-state index in [9.17, 15) is 14.9 Å². The number of hydrogen-bond acceptors (Lipinski definition) is 5. The number of carbonyl (C=O) groups excluding carboxylic acids is 1. The van der Waals surface area contributed by atoms with Crippen molar-refractivity contribution in [2.75, 3.05) is 12.3 Å². The van der Waals surface area contributed by atoms with Gasteiger partial charge in [0.2, 0.25) is 0 Å². The molecule has 98 valence electrons.